The van der Waals surface area contributed by atoms with Crippen LogP contribution in [-0.4, -0.2) is 121 Å². The number of aryl methyl sites for hydroxylation is 1. The lowest BCUT2D eigenvalue weighted by atomic mass is 9.97. The summed E-state index contributed by atoms with van der Waals surface area (Å²) < 4.78 is 28.6. The number of aliphatic hydroxyl groups is 5. The molecule has 0 spiro atoms. The van der Waals surface area contributed by atoms with E-state index in [0.717, 1.165) is 37.0 Å². The second-order valence-electron chi connectivity index (χ2n) is 15.5. The Labute approximate surface area is 340 Å². The fraction of sp³-hybridized carbons (Fsp3) is 0.674. The van der Waals surface area contributed by atoms with Crippen LogP contribution >= 0.6 is 0 Å². The molecule has 2 aliphatic rings. The molecule has 4 rings (SSSR count). The number of ether oxygens (including phenoxy) is 5. The van der Waals surface area contributed by atoms with Gasteiger partial charge in [0, 0.05) is 25.0 Å². The Morgan fingerprint density at radius 2 is 1.22 bits per heavy atom. The lowest BCUT2D eigenvalue weighted by molar-refractivity contribution is -0.354. The van der Waals surface area contributed by atoms with Gasteiger partial charge in [0.1, 0.15) is 71.8 Å². The van der Waals surface area contributed by atoms with E-state index in [-0.39, 0.29) is 36.3 Å². The van der Waals surface area contributed by atoms with E-state index in [2.05, 4.69) is 6.92 Å². The number of unbranched alkanes of at least 4 members (excludes halogenated alkanes) is 12. The van der Waals surface area contributed by atoms with Gasteiger partial charge in [0.15, 0.2) is 18.2 Å². The van der Waals surface area contributed by atoms with Crippen molar-refractivity contribution in [3.05, 3.63) is 47.5 Å². The number of Topliss-reactive ketones (excluding diaryl/α,β-unsaturated/α-hetero) is 1. The van der Waals surface area contributed by atoms with Crippen molar-refractivity contribution in [1.82, 2.24) is 0 Å². The Balaban J connectivity index is 1.34. The number of hydrogen-bond acceptors (Lipinski definition) is 15. The fourth-order valence-corrected chi connectivity index (χ4v) is 7.22. The van der Waals surface area contributed by atoms with Crippen LogP contribution in [0.2, 0.25) is 0 Å². The number of rotatable bonds is 24. The van der Waals surface area contributed by atoms with Crippen molar-refractivity contribution in [1.29, 1.82) is 0 Å². The molecule has 2 fully saturated rings. The number of aliphatic hydroxyl groups excluding tert-OH is 5. The van der Waals surface area contributed by atoms with Gasteiger partial charge >= 0.3 is 5.97 Å². The van der Waals surface area contributed by atoms with Crippen LogP contribution in [0.4, 0.5) is 0 Å². The maximum Gasteiger partial charge on any atom is 0.305 e. The number of benzene rings is 2. The van der Waals surface area contributed by atoms with E-state index in [0.29, 0.717) is 6.42 Å². The zero-order valence-electron chi connectivity index (χ0n) is 33.7. The summed E-state index contributed by atoms with van der Waals surface area (Å²) in [6.45, 7) is 3.17. The molecule has 15 heteroatoms. The Morgan fingerprint density at radius 1 is 0.655 bits per heavy atom. The quantitative estimate of drug-likeness (QED) is 0.0407. The van der Waals surface area contributed by atoms with Crippen LogP contribution < -0.4 is 4.74 Å². The van der Waals surface area contributed by atoms with Gasteiger partial charge in [-0.15, -0.1) is 0 Å². The highest BCUT2D eigenvalue weighted by atomic mass is 16.8. The second kappa shape index (κ2) is 23.9. The molecule has 2 saturated heterocycles. The summed E-state index contributed by atoms with van der Waals surface area (Å²) in [6, 6.07) is 8.30. The number of carbonyl (C=O) groups is 2. The molecule has 0 aliphatic carbocycles. The van der Waals surface area contributed by atoms with E-state index < -0.39 is 91.3 Å². The van der Waals surface area contributed by atoms with Gasteiger partial charge in [-0.1, -0.05) is 96.1 Å². The number of ketones is 1. The average molecular weight is 821 g/mol. The largest absolute Gasteiger partial charge is 0.508 e. The predicted octanol–water partition coefficient (Wildman–Crippen LogP) is 4.68. The van der Waals surface area contributed by atoms with Gasteiger partial charge in [0.05, 0.1) is 6.10 Å². The van der Waals surface area contributed by atoms with E-state index in [4.69, 9.17) is 23.7 Å². The summed E-state index contributed by atoms with van der Waals surface area (Å²) in [6.07, 6.45) is -0.403. The van der Waals surface area contributed by atoms with Crippen molar-refractivity contribution >= 4 is 11.8 Å². The molecule has 2 aromatic carbocycles. The molecule has 0 amide bonds. The molecule has 2 aliphatic heterocycles. The van der Waals surface area contributed by atoms with Crippen LogP contribution in [0, 0.1) is 0 Å². The summed E-state index contributed by atoms with van der Waals surface area (Å²) in [5.41, 5.74) is 0.377. The standard InChI is InChI=1S/C43H64O15/c1-3-4-5-6-7-8-9-10-11-12-13-14-15-16-34(48)54-25-33-37(50)39(52)41(58-42-40(53)38(51)36(49)26(2)55-42)43(57-33)56-29-23-31(46)35(32(47)24-29)30(45)22-19-27-17-20-28(44)21-18-27/h17-18,20-21,23-24,26,33,36-44,46-47,49-53H,3-16,19,22,25H2,1-2H3/t26-,33+,36-,37+,38+,39-,40+,41+,42-,43+/m0/s1. The third-order valence-corrected chi connectivity index (χ3v) is 10.8. The molecule has 2 aromatic rings. The van der Waals surface area contributed by atoms with Crippen molar-refractivity contribution in [2.45, 2.75) is 178 Å². The highest BCUT2D eigenvalue weighted by Gasteiger charge is 2.51. The second-order valence-corrected chi connectivity index (χ2v) is 15.5. The smallest absolute Gasteiger partial charge is 0.305 e. The lowest BCUT2D eigenvalue weighted by Gasteiger charge is -2.45. The van der Waals surface area contributed by atoms with Gasteiger partial charge in [-0.25, -0.2) is 0 Å². The number of aromatic hydroxyl groups is 3. The van der Waals surface area contributed by atoms with Crippen LogP contribution in [0.15, 0.2) is 36.4 Å². The van der Waals surface area contributed by atoms with Gasteiger partial charge in [-0.3, -0.25) is 9.59 Å². The third-order valence-electron chi connectivity index (χ3n) is 10.8. The molecule has 0 radical (unpaired) electrons. The van der Waals surface area contributed by atoms with E-state index in [9.17, 15) is 50.4 Å². The van der Waals surface area contributed by atoms with Crippen LogP contribution in [0.1, 0.15) is 126 Å². The molecule has 10 atom stereocenters. The molecule has 0 bridgehead atoms. The first-order chi connectivity index (χ1) is 27.8. The van der Waals surface area contributed by atoms with Crippen LogP contribution in [-0.2, 0) is 30.2 Å². The summed E-state index contributed by atoms with van der Waals surface area (Å²) in [7, 11) is 0. The number of esters is 1. The molecule has 0 aromatic heterocycles. The van der Waals surface area contributed by atoms with Crippen molar-refractivity contribution < 1.29 is 74.1 Å². The van der Waals surface area contributed by atoms with Crippen molar-refractivity contribution in [3.63, 3.8) is 0 Å². The molecule has 2 heterocycles. The van der Waals surface area contributed by atoms with Gasteiger partial charge in [0.2, 0.25) is 6.29 Å². The first-order valence-electron chi connectivity index (χ1n) is 20.9. The molecular weight excluding hydrogens is 756 g/mol. The average Bonchev–Trinajstić information content (AvgIpc) is 3.19. The number of hydrogen-bond donors (Lipinski definition) is 8. The zero-order chi connectivity index (χ0) is 42.2. The Hall–Kier alpha value is -3.54. The number of carbonyl (C=O) groups excluding carboxylic acids is 2. The van der Waals surface area contributed by atoms with Crippen molar-refractivity contribution in [2.24, 2.45) is 0 Å². The Bertz CT molecular complexity index is 1510. The summed E-state index contributed by atoms with van der Waals surface area (Å²) in [5.74, 6) is -2.55. The molecule has 326 valence electrons. The SMILES string of the molecule is CCCCCCCCCCCCCCCC(=O)OC[C@H]1O[C@@H](Oc2cc(O)c(C(=O)CCc3ccc(O)cc3)c(O)c2)[C@H](O[C@@H]2O[C@@H](C)[C@H](O)[C@@H](O)[C@H]2O)[C@@H](O)[C@@H]1O. The Kier molecular flexibility index (Phi) is 19.4. The highest BCUT2D eigenvalue weighted by molar-refractivity contribution is 6.01. The summed E-state index contributed by atoms with van der Waals surface area (Å²) >= 11 is 0. The lowest BCUT2D eigenvalue weighted by Crippen LogP contribution is -2.64. The minimum Gasteiger partial charge on any atom is -0.508 e. The summed E-state index contributed by atoms with van der Waals surface area (Å²) in [4.78, 5) is 25.7. The van der Waals surface area contributed by atoms with E-state index in [1.165, 1.54) is 76.8 Å². The van der Waals surface area contributed by atoms with E-state index in [1.807, 2.05) is 0 Å². The van der Waals surface area contributed by atoms with E-state index in [1.54, 1.807) is 12.1 Å². The van der Waals surface area contributed by atoms with Gasteiger partial charge in [-0.05, 0) is 37.5 Å². The molecule has 8 N–H and O–H groups in total. The van der Waals surface area contributed by atoms with Gasteiger partial charge in [-0.2, -0.15) is 0 Å². The van der Waals surface area contributed by atoms with Crippen molar-refractivity contribution in [2.75, 3.05) is 6.61 Å². The summed E-state index contributed by atoms with van der Waals surface area (Å²) in [5, 5.41) is 84.5. The topological polar surface area (TPSA) is 242 Å². The highest BCUT2D eigenvalue weighted by Crippen LogP contribution is 2.37. The molecule has 0 unspecified atom stereocenters. The first kappa shape index (κ1) is 47.1. The maximum absolute atomic E-state index is 13.0. The monoisotopic (exact) mass is 820 g/mol. The van der Waals surface area contributed by atoms with E-state index >= 15 is 0 Å². The number of phenolic OH excluding ortho intramolecular Hbond substituents is 3. The molecular formula is C43H64O15. The predicted molar refractivity (Wildman–Crippen MR) is 210 cm³/mol. The van der Waals surface area contributed by atoms with Gasteiger partial charge in [0.25, 0.3) is 0 Å². The van der Waals surface area contributed by atoms with Crippen LogP contribution in [0.3, 0.4) is 0 Å². The minimum atomic E-state index is -1.82. The van der Waals surface area contributed by atoms with Crippen LogP contribution in [0.5, 0.6) is 23.0 Å². The zero-order valence-corrected chi connectivity index (χ0v) is 33.7. The molecule has 58 heavy (non-hydrogen) atoms. The number of phenols is 3. The Morgan fingerprint density at radius 3 is 1.81 bits per heavy atom. The fourth-order valence-electron chi connectivity index (χ4n) is 7.22. The normalized spacial score (nSPS) is 27.3. The maximum atomic E-state index is 13.0. The van der Waals surface area contributed by atoms with Gasteiger partial charge < -0.3 is 64.5 Å². The van der Waals surface area contributed by atoms with Crippen molar-refractivity contribution in [3.8, 4) is 23.0 Å². The molecule has 0 saturated carbocycles. The third kappa shape index (κ3) is 14.0. The minimum absolute atomic E-state index is 0.0681. The first-order valence-corrected chi connectivity index (χ1v) is 20.9. The van der Waals surface area contributed by atoms with Crippen LogP contribution in [0.25, 0.3) is 0 Å². The molecule has 15 nitrogen and oxygen atoms in total.